The SMILES string of the molecule is C=C(CCCC)CC1(C(=O)O)CCCCC1. The highest BCUT2D eigenvalue weighted by atomic mass is 16.4. The van der Waals surface area contributed by atoms with Crippen LogP contribution in [0.25, 0.3) is 0 Å². The van der Waals surface area contributed by atoms with Gasteiger partial charge in [0.25, 0.3) is 0 Å². The Morgan fingerprint density at radius 1 is 1.31 bits per heavy atom. The molecule has 1 N–H and O–H groups in total. The van der Waals surface area contributed by atoms with Gasteiger partial charge in [-0.05, 0) is 32.1 Å². The van der Waals surface area contributed by atoms with E-state index in [0.717, 1.165) is 50.5 Å². The quantitative estimate of drug-likeness (QED) is 0.688. The fourth-order valence-corrected chi connectivity index (χ4v) is 2.69. The molecule has 0 radical (unpaired) electrons. The van der Waals surface area contributed by atoms with Gasteiger partial charge in [-0.15, -0.1) is 0 Å². The second-order valence-electron chi connectivity index (χ2n) is 5.18. The smallest absolute Gasteiger partial charge is 0.309 e. The van der Waals surface area contributed by atoms with Crippen LogP contribution in [0.4, 0.5) is 0 Å². The van der Waals surface area contributed by atoms with Gasteiger partial charge in [0.1, 0.15) is 0 Å². The van der Waals surface area contributed by atoms with E-state index in [1.807, 2.05) is 0 Å². The van der Waals surface area contributed by atoms with E-state index in [1.165, 1.54) is 6.42 Å². The molecule has 1 rings (SSSR count). The summed E-state index contributed by atoms with van der Waals surface area (Å²) in [5.41, 5.74) is 0.648. The number of aliphatic carboxylic acids is 1. The topological polar surface area (TPSA) is 37.3 Å². The van der Waals surface area contributed by atoms with Crippen molar-refractivity contribution >= 4 is 5.97 Å². The molecule has 16 heavy (non-hydrogen) atoms. The molecule has 1 aliphatic carbocycles. The van der Waals surface area contributed by atoms with Crippen LogP contribution >= 0.6 is 0 Å². The molecule has 2 heteroatoms. The Morgan fingerprint density at radius 2 is 1.94 bits per heavy atom. The summed E-state index contributed by atoms with van der Waals surface area (Å²) in [6.45, 7) is 6.20. The van der Waals surface area contributed by atoms with E-state index < -0.39 is 11.4 Å². The summed E-state index contributed by atoms with van der Waals surface area (Å²) in [7, 11) is 0. The first-order valence-corrected chi connectivity index (χ1v) is 6.51. The Morgan fingerprint density at radius 3 is 2.44 bits per heavy atom. The van der Waals surface area contributed by atoms with E-state index in [-0.39, 0.29) is 0 Å². The van der Waals surface area contributed by atoms with Crippen molar-refractivity contribution in [3.63, 3.8) is 0 Å². The maximum absolute atomic E-state index is 11.4. The highest BCUT2D eigenvalue weighted by Gasteiger charge is 2.39. The van der Waals surface area contributed by atoms with Gasteiger partial charge in [-0.2, -0.15) is 0 Å². The van der Waals surface area contributed by atoms with E-state index in [9.17, 15) is 9.90 Å². The Balaban J connectivity index is 2.56. The number of carboxylic acid groups (broad SMARTS) is 1. The zero-order valence-corrected chi connectivity index (χ0v) is 10.4. The van der Waals surface area contributed by atoms with Gasteiger partial charge in [0.15, 0.2) is 0 Å². The Kier molecular flexibility index (Phi) is 5.04. The first kappa shape index (κ1) is 13.3. The molecule has 0 spiro atoms. The van der Waals surface area contributed by atoms with Gasteiger partial charge in [-0.1, -0.05) is 44.8 Å². The van der Waals surface area contributed by atoms with Crippen LogP contribution in [0.15, 0.2) is 12.2 Å². The molecule has 0 aliphatic heterocycles. The van der Waals surface area contributed by atoms with E-state index in [0.29, 0.717) is 6.42 Å². The Hall–Kier alpha value is -0.790. The van der Waals surface area contributed by atoms with Crippen LogP contribution in [0.5, 0.6) is 0 Å². The van der Waals surface area contributed by atoms with Crippen molar-refractivity contribution in [1.29, 1.82) is 0 Å². The molecule has 0 unspecified atom stereocenters. The van der Waals surface area contributed by atoms with Crippen LogP contribution in [0.1, 0.15) is 64.7 Å². The maximum Gasteiger partial charge on any atom is 0.309 e. The summed E-state index contributed by atoms with van der Waals surface area (Å²) in [5.74, 6) is -0.607. The number of hydrogen-bond donors (Lipinski definition) is 1. The lowest BCUT2D eigenvalue weighted by Crippen LogP contribution is -2.33. The summed E-state index contributed by atoms with van der Waals surface area (Å²) in [4.78, 5) is 11.4. The molecule has 0 aromatic rings. The molecule has 0 bridgehead atoms. The second kappa shape index (κ2) is 6.07. The Labute approximate surface area is 98.7 Å². The molecule has 0 saturated heterocycles. The third-order valence-electron chi connectivity index (χ3n) is 3.74. The minimum Gasteiger partial charge on any atom is -0.481 e. The zero-order chi connectivity index (χ0) is 12.0. The lowest BCUT2D eigenvalue weighted by atomic mass is 9.70. The lowest BCUT2D eigenvalue weighted by molar-refractivity contribution is -0.151. The molecule has 0 heterocycles. The van der Waals surface area contributed by atoms with E-state index in [2.05, 4.69) is 13.5 Å². The fraction of sp³-hybridized carbons (Fsp3) is 0.786. The molecule has 0 aromatic heterocycles. The van der Waals surface area contributed by atoms with E-state index in [1.54, 1.807) is 0 Å². The lowest BCUT2D eigenvalue weighted by Gasteiger charge is -2.33. The highest BCUT2D eigenvalue weighted by Crippen LogP contribution is 2.42. The largest absolute Gasteiger partial charge is 0.481 e. The predicted molar refractivity (Wildman–Crippen MR) is 66.4 cm³/mol. The number of unbranched alkanes of at least 4 members (excludes halogenated alkanes) is 1. The van der Waals surface area contributed by atoms with Crippen molar-refractivity contribution in [2.24, 2.45) is 5.41 Å². The highest BCUT2D eigenvalue weighted by molar-refractivity contribution is 5.75. The first-order valence-electron chi connectivity index (χ1n) is 6.51. The molecule has 0 amide bonds. The summed E-state index contributed by atoms with van der Waals surface area (Å²) >= 11 is 0. The van der Waals surface area contributed by atoms with Crippen molar-refractivity contribution in [2.75, 3.05) is 0 Å². The van der Waals surface area contributed by atoms with Gasteiger partial charge >= 0.3 is 5.97 Å². The van der Waals surface area contributed by atoms with Crippen molar-refractivity contribution in [3.05, 3.63) is 12.2 Å². The summed E-state index contributed by atoms with van der Waals surface area (Å²) in [6, 6.07) is 0. The molecule has 2 nitrogen and oxygen atoms in total. The van der Waals surface area contributed by atoms with Crippen LogP contribution in [-0.2, 0) is 4.79 Å². The van der Waals surface area contributed by atoms with Crippen LogP contribution < -0.4 is 0 Å². The normalized spacial score (nSPS) is 19.3. The summed E-state index contributed by atoms with van der Waals surface area (Å²) in [6.07, 6.45) is 8.97. The number of rotatable bonds is 6. The molecule has 92 valence electrons. The predicted octanol–water partition coefficient (Wildman–Crippen LogP) is 4.16. The van der Waals surface area contributed by atoms with Crippen molar-refractivity contribution in [2.45, 2.75) is 64.7 Å². The monoisotopic (exact) mass is 224 g/mol. The van der Waals surface area contributed by atoms with Crippen molar-refractivity contribution in [3.8, 4) is 0 Å². The maximum atomic E-state index is 11.4. The van der Waals surface area contributed by atoms with Crippen molar-refractivity contribution < 1.29 is 9.90 Å². The molecule has 1 aliphatic rings. The fourth-order valence-electron chi connectivity index (χ4n) is 2.69. The average molecular weight is 224 g/mol. The van der Waals surface area contributed by atoms with Gasteiger partial charge in [-0.25, -0.2) is 0 Å². The summed E-state index contributed by atoms with van der Waals surface area (Å²) < 4.78 is 0. The van der Waals surface area contributed by atoms with Gasteiger partial charge in [-0.3, -0.25) is 4.79 Å². The average Bonchev–Trinajstić information content (AvgIpc) is 2.27. The van der Waals surface area contributed by atoms with Crippen molar-refractivity contribution in [1.82, 2.24) is 0 Å². The zero-order valence-electron chi connectivity index (χ0n) is 10.4. The molecular formula is C14H24O2. The molecular weight excluding hydrogens is 200 g/mol. The van der Waals surface area contributed by atoms with E-state index >= 15 is 0 Å². The van der Waals surface area contributed by atoms with Gasteiger partial charge in [0, 0.05) is 0 Å². The van der Waals surface area contributed by atoms with Crippen LogP contribution in [-0.4, -0.2) is 11.1 Å². The third-order valence-corrected chi connectivity index (χ3v) is 3.74. The minimum atomic E-state index is -0.607. The molecule has 0 atom stereocenters. The number of carbonyl (C=O) groups is 1. The molecule has 1 saturated carbocycles. The first-order chi connectivity index (χ1) is 7.60. The van der Waals surface area contributed by atoms with E-state index in [4.69, 9.17) is 0 Å². The van der Waals surface area contributed by atoms with Crippen LogP contribution in [0.3, 0.4) is 0 Å². The number of allylic oxidation sites excluding steroid dienone is 1. The van der Waals surface area contributed by atoms with Crippen LogP contribution in [0, 0.1) is 5.41 Å². The van der Waals surface area contributed by atoms with Crippen LogP contribution in [0.2, 0.25) is 0 Å². The third kappa shape index (κ3) is 3.36. The Bertz CT molecular complexity index is 249. The van der Waals surface area contributed by atoms with Gasteiger partial charge in [0.2, 0.25) is 0 Å². The number of hydrogen-bond acceptors (Lipinski definition) is 1. The summed E-state index contributed by atoms with van der Waals surface area (Å²) in [5, 5.41) is 9.42. The second-order valence-corrected chi connectivity index (χ2v) is 5.18. The molecule has 0 aromatic carbocycles. The van der Waals surface area contributed by atoms with Gasteiger partial charge in [0.05, 0.1) is 5.41 Å². The van der Waals surface area contributed by atoms with Gasteiger partial charge < -0.3 is 5.11 Å². The number of carboxylic acids is 1. The standard InChI is InChI=1S/C14H24O2/c1-3-4-8-12(2)11-14(13(15)16)9-6-5-7-10-14/h2-11H2,1H3,(H,15,16). The minimum absolute atomic E-state index is 0.483. The molecule has 1 fully saturated rings.